The smallest absolute Gasteiger partial charge is 0.171 e. The number of anilines is 1. The Hall–Kier alpha value is -1.87. The fourth-order valence-electron chi connectivity index (χ4n) is 1.14. The lowest BCUT2D eigenvalue weighted by Gasteiger charge is -2.00. The van der Waals surface area contributed by atoms with Crippen LogP contribution in [-0.4, -0.2) is 14.8 Å². The van der Waals surface area contributed by atoms with Crippen LogP contribution in [0.5, 0.6) is 0 Å². The summed E-state index contributed by atoms with van der Waals surface area (Å²) in [6, 6.07) is 5.42. The van der Waals surface area contributed by atoms with Crippen LogP contribution in [-0.2, 0) is 0 Å². The van der Waals surface area contributed by atoms with Gasteiger partial charge in [-0.2, -0.15) is 5.26 Å². The van der Waals surface area contributed by atoms with E-state index in [1.54, 1.807) is 24.5 Å². The van der Waals surface area contributed by atoms with Gasteiger partial charge in [-0.05, 0) is 28.1 Å². The Morgan fingerprint density at radius 2 is 2.33 bits per heavy atom. The van der Waals surface area contributed by atoms with E-state index in [0.29, 0.717) is 21.7 Å². The van der Waals surface area contributed by atoms with Crippen LogP contribution in [0.4, 0.5) is 5.82 Å². The summed E-state index contributed by atoms with van der Waals surface area (Å²) < 4.78 is 2.15. The Morgan fingerprint density at radius 1 is 1.53 bits per heavy atom. The molecule has 2 N–H and O–H groups in total. The summed E-state index contributed by atoms with van der Waals surface area (Å²) in [5, 5.41) is 12.9. The van der Waals surface area contributed by atoms with E-state index >= 15 is 0 Å². The van der Waals surface area contributed by atoms with Crippen molar-refractivity contribution in [1.29, 1.82) is 5.26 Å². The second kappa shape index (κ2) is 3.71. The molecule has 0 spiro atoms. The standard InChI is InChI=1S/C9H6BrN5/c10-7-5-15(14-8(7)12)9-6(4-11)2-1-3-13-9/h1-3,5H,(H2,12,14). The highest BCUT2D eigenvalue weighted by atomic mass is 79.9. The number of halogens is 1. The molecule has 6 heteroatoms. The van der Waals surface area contributed by atoms with Gasteiger partial charge >= 0.3 is 0 Å². The molecule has 0 fully saturated rings. The zero-order valence-corrected chi connectivity index (χ0v) is 9.14. The molecule has 2 aromatic heterocycles. The molecule has 0 aromatic carbocycles. The van der Waals surface area contributed by atoms with Crippen molar-refractivity contribution < 1.29 is 0 Å². The minimum atomic E-state index is 0.365. The van der Waals surface area contributed by atoms with Gasteiger partial charge in [-0.25, -0.2) is 9.67 Å². The van der Waals surface area contributed by atoms with Gasteiger partial charge in [0.1, 0.15) is 6.07 Å². The third-order valence-electron chi connectivity index (χ3n) is 1.82. The zero-order chi connectivity index (χ0) is 10.8. The maximum absolute atomic E-state index is 8.88. The average molecular weight is 264 g/mol. The van der Waals surface area contributed by atoms with Crippen LogP contribution >= 0.6 is 15.9 Å². The Bertz CT molecular complexity index is 520. The number of rotatable bonds is 1. The van der Waals surface area contributed by atoms with Gasteiger partial charge in [0.05, 0.1) is 10.0 Å². The molecule has 0 bridgehead atoms. The van der Waals surface area contributed by atoms with Gasteiger partial charge in [-0.1, -0.05) is 0 Å². The van der Waals surface area contributed by atoms with Gasteiger partial charge in [0.2, 0.25) is 0 Å². The monoisotopic (exact) mass is 263 g/mol. The highest BCUT2D eigenvalue weighted by molar-refractivity contribution is 9.10. The molecule has 2 aromatic rings. The number of hydrogen-bond acceptors (Lipinski definition) is 4. The molecule has 0 saturated carbocycles. The van der Waals surface area contributed by atoms with E-state index in [4.69, 9.17) is 11.0 Å². The minimum Gasteiger partial charge on any atom is -0.381 e. The molecule has 0 aliphatic rings. The fraction of sp³-hybridized carbons (Fsp3) is 0. The summed E-state index contributed by atoms with van der Waals surface area (Å²) in [5.41, 5.74) is 6.03. The summed E-state index contributed by atoms with van der Waals surface area (Å²) in [5.74, 6) is 0.835. The molecule has 2 heterocycles. The first kappa shape index (κ1) is 9.68. The van der Waals surface area contributed by atoms with E-state index in [-0.39, 0.29) is 0 Å². The molecule has 74 valence electrons. The quantitative estimate of drug-likeness (QED) is 0.845. The molecule has 0 aliphatic heterocycles. The van der Waals surface area contributed by atoms with Crippen LogP contribution < -0.4 is 5.73 Å². The van der Waals surface area contributed by atoms with E-state index in [1.165, 1.54) is 4.68 Å². The predicted molar refractivity (Wildman–Crippen MR) is 58.2 cm³/mol. The van der Waals surface area contributed by atoms with Crippen LogP contribution in [0.2, 0.25) is 0 Å². The molecule has 0 atom stereocenters. The van der Waals surface area contributed by atoms with Crippen molar-refractivity contribution in [3.63, 3.8) is 0 Å². The van der Waals surface area contributed by atoms with Gasteiger partial charge in [0, 0.05) is 12.4 Å². The van der Waals surface area contributed by atoms with Crippen molar-refractivity contribution in [3.8, 4) is 11.9 Å². The Balaban J connectivity index is 2.59. The maximum atomic E-state index is 8.88. The maximum Gasteiger partial charge on any atom is 0.171 e. The third-order valence-corrected chi connectivity index (χ3v) is 2.43. The Labute approximate surface area is 94.3 Å². The lowest BCUT2D eigenvalue weighted by molar-refractivity contribution is 0.847. The lowest BCUT2D eigenvalue weighted by Crippen LogP contribution is -2.01. The van der Waals surface area contributed by atoms with Gasteiger partial charge < -0.3 is 5.73 Å². The van der Waals surface area contributed by atoms with Crippen LogP contribution in [0.3, 0.4) is 0 Å². The summed E-state index contributed by atoms with van der Waals surface area (Å²) in [4.78, 5) is 4.08. The molecular weight excluding hydrogens is 258 g/mol. The normalized spacial score (nSPS) is 9.87. The Morgan fingerprint density at radius 3 is 2.93 bits per heavy atom. The van der Waals surface area contributed by atoms with Crippen LogP contribution in [0.1, 0.15) is 5.56 Å². The van der Waals surface area contributed by atoms with Gasteiger partial charge in [-0.15, -0.1) is 5.10 Å². The van der Waals surface area contributed by atoms with Crippen LogP contribution in [0.15, 0.2) is 29.0 Å². The topological polar surface area (TPSA) is 80.5 Å². The second-order valence-corrected chi connectivity index (χ2v) is 3.65. The van der Waals surface area contributed by atoms with E-state index < -0.39 is 0 Å². The highest BCUT2D eigenvalue weighted by Crippen LogP contribution is 2.19. The van der Waals surface area contributed by atoms with Gasteiger partial charge in [-0.3, -0.25) is 0 Å². The second-order valence-electron chi connectivity index (χ2n) is 2.79. The molecule has 0 aliphatic carbocycles. The molecular formula is C9H6BrN5. The first-order valence-electron chi connectivity index (χ1n) is 4.08. The molecule has 15 heavy (non-hydrogen) atoms. The van der Waals surface area contributed by atoms with Crippen molar-refractivity contribution in [3.05, 3.63) is 34.6 Å². The number of hydrogen-bond donors (Lipinski definition) is 1. The number of nitrogens with zero attached hydrogens (tertiary/aromatic N) is 4. The SMILES string of the molecule is N#Cc1cccnc1-n1cc(Br)c(N)n1. The third kappa shape index (κ3) is 1.69. The summed E-state index contributed by atoms with van der Waals surface area (Å²) in [7, 11) is 0. The van der Waals surface area contributed by atoms with E-state index in [0.717, 1.165) is 0 Å². The lowest BCUT2D eigenvalue weighted by atomic mass is 10.3. The van der Waals surface area contributed by atoms with E-state index in [9.17, 15) is 0 Å². The minimum absolute atomic E-state index is 0.365. The van der Waals surface area contributed by atoms with E-state index in [1.807, 2.05) is 6.07 Å². The van der Waals surface area contributed by atoms with Crippen molar-refractivity contribution in [2.24, 2.45) is 0 Å². The van der Waals surface area contributed by atoms with Gasteiger partial charge in [0.15, 0.2) is 11.6 Å². The van der Waals surface area contributed by atoms with Crippen molar-refractivity contribution in [2.45, 2.75) is 0 Å². The van der Waals surface area contributed by atoms with Crippen LogP contribution in [0.25, 0.3) is 5.82 Å². The number of nitriles is 1. The Kier molecular flexibility index (Phi) is 2.39. The average Bonchev–Trinajstić information content (AvgIpc) is 2.59. The van der Waals surface area contributed by atoms with Gasteiger partial charge in [0.25, 0.3) is 0 Å². The summed E-state index contributed by atoms with van der Waals surface area (Å²) >= 11 is 3.24. The number of nitrogen functional groups attached to an aromatic ring is 1. The summed E-state index contributed by atoms with van der Waals surface area (Å²) in [6.07, 6.45) is 3.26. The first-order chi connectivity index (χ1) is 7.22. The number of pyridine rings is 1. The van der Waals surface area contributed by atoms with E-state index in [2.05, 4.69) is 26.0 Å². The number of nitrogens with two attached hydrogens (primary N) is 1. The van der Waals surface area contributed by atoms with Crippen molar-refractivity contribution >= 4 is 21.7 Å². The molecule has 0 unspecified atom stereocenters. The van der Waals surface area contributed by atoms with Crippen molar-refractivity contribution in [1.82, 2.24) is 14.8 Å². The molecule has 0 amide bonds. The predicted octanol–water partition coefficient (Wildman–Crippen LogP) is 1.48. The first-order valence-corrected chi connectivity index (χ1v) is 4.88. The molecule has 0 saturated heterocycles. The molecule has 2 rings (SSSR count). The van der Waals surface area contributed by atoms with Crippen LogP contribution in [0, 0.1) is 11.3 Å². The fourth-order valence-corrected chi connectivity index (χ4v) is 1.41. The molecule has 5 nitrogen and oxygen atoms in total. The number of aromatic nitrogens is 3. The largest absolute Gasteiger partial charge is 0.381 e. The highest BCUT2D eigenvalue weighted by Gasteiger charge is 2.08. The molecule has 0 radical (unpaired) electrons. The van der Waals surface area contributed by atoms with Crippen molar-refractivity contribution in [2.75, 3.05) is 5.73 Å². The summed E-state index contributed by atoms with van der Waals surface area (Å²) in [6.45, 7) is 0. The zero-order valence-electron chi connectivity index (χ0n) is 7.55.